The summed E-state index contributed by atoms with van der Waals surface area (Å²) in [6, 6.07) is 9.51. The number of thiocarbonyl (C=S) groups is 1. The molecule has 0 fully saturated rings. The second kappa shape index (κ2) is 5.77. The van der Waals surface area contributed by atoms with Gasteiger partial charge in [0.2, 0.25) is 5.91 Å². The van der Waals surface area contributed by atoms with Gasteiger partial charge in [0.25, 0.3) is 0 Å². The first-order chi connectivity index (χ1) is 7.87. The average Bonchev–Trinajstić information content (AvgIpc) is 2.15. The molecule has 3 nitrogen and oxygen atoms in total. The quantitative estimate of drug-likeness (QED) is 0.793. The molecule has 92 valence electrons. The van der Waals surface area contributed by atoms with E-state index in [4.69, 9.17) is 12.2 Å². The Bertz CT molecular complexity index is 396. The molecule has 0 heterocycles. The molecule has 1 aromatic rings. The van der Waals surface area contributed by atoms with Gasteiger partial charge in [-0.05, 0) is 29.8 Å². The Balaban J connectivity index is 2.43. The third kappa shape index (κ3) is 6.02. The van der Waals surface area contributed by atoms with E-state index in [0.717, 1.165) is 5.69 Å². The van der Waals surface area contributed by atoms with Crippen LogP contribution in [-0.4, -0.2) is 11.0 Å². The van der Waals surface area contributed by atoms with Gasteiger partial charge in [-0.3, -0.25) is 4.79 Å². The van der Waals surface area contributed by atoms with Crippen LogP contribution in [0.3, 0.4) is 0 Å². The third-order valence-electron chi connectivity index (χ3n) is 1.98. The van der Waals surface area contributed by atoms with Crippen molar-refractivity contribution in [2.45, 2.75) is 27.2 Å². The summed E-state index contributed by atoms with van der Waals surface area (Å²) in [4.78, 5) is 11.6. The number of hydrogen-bond acceptors (Lipinski definition) is 2. The number of rotatable bonds is 2. The third-order valence-corrected chi connectivity index (χ3v) is 2.18. The zero-order chi connectivity index (χ0) is 12.9. The maximum Gasteiger partial charge on any atom is 0.226 e. The normalized spacial score (nSPS) is 10.8. The lowest BCUT2D eigenvalue weighted by Crippen LogP contribution is -2.36. The van der Waals surface area contributed by atoms with E-state index in [2.05, 4.69) is 10.6 Å². The number of nitrogens with one attached hydrogen (secondary N) is 2. The van der Waals surface area contributed by atoms with E-state index in [1.807, 2.05) is 51.1 Å². The Kier molecular flexibility index (Phi) is 4.63. The molecule has 0 aliphatic rings. The number of hydrogen-bond donors (Lipinski definition) is 2. The Morgan fingerprint density at radius 1 is 1.24 bits per heavy atom. The van der Waals surface area contributed by atoms with E-state index in [9.17, 15) is 4.79 Å². The predicted molar refractivity (Wildman–Crippen MR) is 74.9 cm³/mol. The van der Waals surface area contributed by atoms with Crippen molar-refractivity contribution in [2.24, 2.45) is 5.41 Å². The van der Waals surface area contributed by atoms with Crippen molar-refractivity contribution < 1.29 is 4.79 Å². The summed E-state index contributed by atoms with van der Waals surface area (Å²) in [5.41, 5.74) is 0.834. The van der Waals surface area contributed by atoms with Gasteiger partial charge in [0.1, 0.15) is 0 Å². The molecule has 0 unspecified atom stereocenters. The zero-order valence-electron chi connectivity index (χ0n) is 10.4. The van der Waals surface area contributed by atoms with Crippen molar-refractivity contribution in [2.75, 3.05) is 5.32 Å². The molecule has 0 aliphatic carbocycles. The summed E-state index contributed by atoms with van der Waals surface area (Å²) >= 11 is 5.06. The fourth-order valence-corrected chi connectivity index (χ4v) is 1.57. The van der Waals surface area contributed by atoms with Crippen LogP contribution in [0.25, 0.3) is 0 Å². The predicted octanol–water partition coefficient (Wildman–Crippen LogP) is 2.94. The van der Waals surface area contributed by atoms with Crippen LogP contribution in [0.4, 0.5) is 5.69 Å². The van der Waals surface area contributed by atoms with Crippen molar-refractivity contribution in [3.8, 4) is 0 Å². The molecule has 0 saturated heterocycles. The highest BCUT2D eigenvalue weighted by atomic mass is 32.1. The van der Waals surface area contributed by atoms with Gasteiger partial charge in [-0.15, -0.1) is 0 Å². The molecule has 2 N–H and O–H groups in total. The van der Waals surface area contributed by atoms with E-state index in [-0.39, 0.29) is 11.3 Å². The van der Waals surface area contributed by atoms with Crippen LogP contribution in [-0.2, 0) is 4.79 Å². The minimum atomic E-state index is -0.0640. The summed E-state index contributed by atoms with van der Waals surface area (Å²) < 4.78 is 0. The van der Waals surface area contributed by atoms with Crippen molar-refractivity contribution in [3.05, 3.63) is 30.3 Å². The highest BCUT2D eigenvalue weighted by molar-refractivity contribution is 7.80. The maximum atomic E-state index is 11.6. The Morgan fingerprint density at radius 3 is 2.35 bits per heavy atom. The van der Waals surface area contributed by atoms with Crippen molar-refractivity contribution >= 4 is 28.9 Å². The second-order valence-electron chi connectivity index (χ2n) is 5.11. The van der Waals surface area contributed by atoms with Crippen molar-refractivity contribution in [1.29, 1.82) is 0 Å². The lowest BCUT2D eigenvalue weighted by atomic mass is 9.92. The van der Waals surface area contributed by atoms with E-state index >= 15 is 0 Å². The smallest absolute Gasteiger partial charge is 0.226 e. The molecular formula is C13H18N2OS. The second-order valence-corrected chi connectivity index (χ2v) is 5.51. The monoisotopic (exact) mass is 250 g/mol. The van der Waals surface area contributed by atoms with Crippen LogP contribution in [0.2, 0.25) is 0 Å². The number of carbonyl (C=O) groups is 1. The number of para-hydroxylation sites is 1. The van der Waals surface area contributed by atoms with Crippen LogP contribution >= 0.6 is 12.2 Å². The molecule has 0 atom stereocenters. The van der Waals surface area contributed by atoms with E-state index in [1.54, 1.807) is 0 Å². The van der Waals surface area contributed by atoms with Crippen LogP contribution in [0, 0.1) is 5.41 Å². The van der Waals surface area contributed by atoms with E-state index in [1.165, 1.54) is 0 Å². The largest absolute Gasteiger partial charge is 0.332 e. The van der Waals surface area contributed by atoms with Crippen LogP contribution in [0.5, 0.6) is 0 Å². The standard InChI is InChI=1S/C13H18N2OS/c1-13(2,3)9-11(16)15-12(17)14-10-7-5-4-6-8-10/h4-8H,9H2,1-3H3,(H2,14,15,16,17). The Labute approximate surface area is 108 Å². The first-order valence-corrected chi connectivity index (χ1v) is 5.93. The van der Waals surface area contributed by atoms with Crippen LogP contribution in [0.15, 0.2) is 30.3 Å². The van der Waals surface area contributed by atoms with Gasteiger partial charge in [-0.25, -0.2) is 0 Å². The molecule has 0 aromatic heterocycles. The SMILES string of the molecule is CC(C)(C)CC(=O)NC(=S)Nc1ccccc1. The van der Waals surface area contributed by atoms with Gasteiger partial charge in [0, 0.05) is 12.1 Å². The molecule has 1 amide bonds. The lowest BCUT2D eigenvalue weighted by Gasteiger charge is -2.17. The van der Waals surface area contributed by atoms with Crippen molar-refractivity contribution in [3.63, 3.8) is 0 Å². The Hall–Kier alpha value is -1.42. The molecule has 0 saturated carbocycles. The molecule has 1 rings (SSSR count). The summed E-state index contributed by atoms with van der Waals surface area (Å²) in [5, 5.41) is 5.96. The number of amides is 1. The summed E-state index contributed by atoms with van der Waals surface area (Å²) in [7, 11) is 0. The number of benzene rings is 1. The number of anilines is 1. The molecular weight excluding hydrogens is 232 g/mol. The summed E-state index contributed by atoms with van der Waals surface area (Å²) in [5.74, 6) is -0.0640. The van der Waals surface area contributed by atoms with Gasteiger partial charge in [0.15, 0.2) is 5.11 Å². The zero-order valence-corrected chi connectivity index (χ0v) is 11.2. The van der Waals surface area contributed by atoms with Crippen LogP contribution < -0.4 is 10.6 Å². The molecule has 17 heavy (non-hydrogen) atoms. The van der Waals surface area contributed by atoms with Gasteiger partial charge < -0.3 is 10.6 Å². The lowest BCUT2D eigenvalue weighted by molar-refractivity contribution is -0.121. The minimum absolute atomic E-state index is 0.0353. The molecule has 1 aromatic carbocycles. The van der Waals surface area contributed by atoms with E-state index in [0.29, 0.717) is 11.5 Å². The summed E-state index contributed by atoms with van der Waals surface area (Å²) in [6.07, 6.45) is 0.448. The molecule has 0 bridgehead atoms. The van der Waals surface area contributed by atoms with Crippen LogP contribution in [0.1, 0.15) is 27.2 Å². The Morgan fingerprint density at radius 2 is 1.82 bits per heavy atom. The van der Waals surface area contributed by atoms with Gasteiger partial charge in [-0.1, -0.05) is 39.0 Å². The molecule has 0 radical (unpaired) electrons. The van der Waals surface area contributed by atoms with Crippen molar-refractivity contribution in [1.82, 2.24) is 5.32 Å². The first-order valence-electron chi connectivity index (χ1n) is 5.53. The van der Waals surface area contributed by atoms with Gasteiger partial charge >= 0.3 is 0 Å². The molecule has 0 aliphatic heterocycles. The van der Waals surface area contributed by atoms with E-state index < -0.39 is 0 Å². The highest BCUT2D eigenvalue weighted by Crippen LogP contribution is 2.17. The first kappa shape index (κ1) is 13.6. The minimum Gasteiger partial charge on any atom is -0.332 e. The van der Waals surface area contributed by atoms with Gasteiger partial charge in [0.05, 0.1) is 0 Å². The fraction of sp³-hybridized carbons (Fsp3) is 0.385. The topological polar surface area (TPSA) is 41.1 Å². The maximum absolute atomic E-state index is 11.6. The fourth-order valence-electron chi connectivity index (χ4n) is 1.34. The highest BCUT2D eigenvalue weighted by Gasteiger charge is 2.16. The average molecular weight is 250 g/mol. The van der Waals surface area contributed by atoms with Gasteiger partial charge in [-0.2, -0.15) is 0 Å². The number of carbonyl (C=O) groups excluding carboxylic acids is 1. The summed E-state index contributed by atoms with van der Waals surface area (Å²) in [6.45, 7) is 6.04. The molecule has 4 heteroatoms. The molecule has 0 spiro atoms.